The van der Waals surface area contributed by atoms with Crippen LogP contribution >= 0.6 is 0 Å². The fourth-order valence-corrected chi connectivity index (χ4v) is 4.32. The van der Waals surface area contributed by atoms with Gasteiger partial charge in [-0.3, -0.25) is 0 Å². The third-order valence-corrected chi connectivity index (χ3v) is 5.96. The smallest absolute Gasteiger partial charge is 0.410 e. The van der Waals surface area contributed by atoms with Crippen molar-refractivity contribution in [2.75, 3.05) is 13.1 Å². The largest absolute Gasteiger partial charge is 0.444 e. The van der Waals surface area contributed by atoms with E-state index < -0.39 is 26.8 Å². The van der Waals surface area contributed by atoms with Crippen LogP contribution in [0.1, 0.15) is 40.0 Å². The zero-order chi connectivity index (χ0) is 13.6. The number of rotatable bonds is 2. The Morgan fingerprint density at radius 1 is 1.17 bits per heavy atom. The van der Waals surface area contributed by atoms with Gasteiger partial charge in [0, 0.05) is 13.1 Å². The van der Waals surface area contributed by atoms with E-state index in [1.54, 1.807) is 20.8 Å². The van der Waals surface area contributed by atoms with Crippen LogP contribution in [0.15, 0.2) is 0 Å². The molecule has 18 heavy (non-hydrogen) atoms. The minimum atomic E-state index is -3.03. The predicted octanol–water partition coefficient (Wildman–Crippen LogP) is 1.57. The highest BCUT2D eigenvalue weighted by Gasteiger charge is 2.45. The topological polar surface area (TPSA) is 63.7 Å². The van der Waals surface area contributed by atoms with Gasteiger partial charge in [0.25, 0.3) is 0 Å². The molecule has 104 valence electrons. The van der Waals surface area contributed by atoms with Gasteiger partial charge in [-0.2, -0.15) is 0 Å². The summed E-state index contributed by atoms with van der Waals surface area (Å²) < 4.78 is 29.4. The first kappa shape index (κ1) is 13.6. The average molecular weight is 275 g/mol. The Morgan fingerprint density at radius 2 is 1.78 bits per heavy atom. The Bertz CT molecular complexity index is 433. The van der Waals surface area contributed by atoms with Crippen molar-refractivity contribution >= 4 is 15.9 Å². The molecule has 1 saturated heterocycles. The van der Waals surface area contributed by atoms with E-state index in [9.17, 15) is 13.2 Å². The van der Waals surface area contributed by atoms with Crippen LogP contribution in [-0.4, -0.2) is 48.6 Å². The number of carbonyl (C=O) groups is 1. The molecule has 2 fully saturated rings. The molecular weight excluding hydrogens is 254 g/mol. The Morgan fingerprint density at radius 3 is 2.28 bits per heavy atom. The molecular formula is C12H21NO4S. The summed E-state index contributed by atoms with van der Waals surface area (Å²) in [6.45, 7) is 6.18. The molecule has 1 aliphatic heterocycles. The molecule has 1 atom stereocenters. The number of hydrogen-bond donors (Lipinski definition) is 0. The standard InChI is InChI=1S/C12H21NO4S/c1-12(2,3)17-11(14)13-7-6-10(8-13)18(15,16)9-4-5-9/h9-10H,4-8H2,1-3H3/t10-/m0/s1. The van der Waals surface area contributed by atoms with E-state index >= 15 is 0 Å². The molecule has 1 aliphatic carbocycles. The molecule has 0 aromatic carbocycles. The molecule has 6 heteroatoms. The second-order valence-electron chi connectivity index (χ2n) is 6.13. The van der Waals surface area contributed by atoms with Crippen LogP contribution in [0.3, 0.4) is 0 Å². The minimum absolute atomic E-state index is 0.152. The lowest BCUT2D eigenvalue weighted by Crippen LogP contribution is -2.37. The molecule has 1 heterocycles. The molecule has 5 nitrogen and oxygen atoms in total. The Labute approximate surface area is 108 Å². The van der Waals surface area contributed by atoms with E-state index in [1.807, 2.05) is 0 Å². The maximum atomic E-state index is 12.1. The van der Waals surface area contributed by atoms with Crippen molar-refractivity contribution in [3.05, 3.63) is 0 Å². The van der Waals surface area contributed by atoms with Gasteiger partial charge in [0.1, 0.15) is 5.60 Å². The Balaban J connectivity index is 1.94. The first-order chi connectivity index (χ1) is 8.20. The second-order valence-corrected chi connectivity index (χ2v) is 8.64. The lowest BCUT2D eigenvalue weighted by atomic mass is 10.2. The van der Waals surface area contributed by atoms with Crippen molar-refractivity contribution in [1.82, 2.24) is 4.90 Å². The molecule has 1 amide bonds. The van der Waals surface area contributed by atoms with Crippen LogP contribution in [0.4, 0.5) is 4.79 Å². The van der Waals surface area contributed by atoms with E-state index in [4.69, 9.17) is 4.74 Å². The highest BCUT2D eigenvalue weighted by atomic mass is 32.2. The van der Waals surface area contributed by atoms with Gasteiger partial charge in [-0.05, 0) is 40.0 Å². The van der Waals surface area contributed by atoms with Crippen molar-refractivity contribution < 1.29 is 17.9 Å². The molecule has 0 bridgehead atoms. The molecule has 0 unspecified atom stereocenters. The van der Waals surface area contributed by atoms with Crippen LogP contribution in [0.2, 0.25) is 0 Å². The van der Waals surface area contributed by atoms with Gasteiger partial charge in [-0.25, -0.2) is 13.2 Å². The normalized spacial score (nSPS) is 25.3. The SMILES string of the molecule is CC(C)(C)OC(=O)N1CC[C@H](S(=O)(=O)C2CC2)C1. The summed E-state index contributed by atoms with van der Waals surface area (Å²) >= 11 is 0. The average Bonchev–Trinajstić information content (AvgIpc) is 2.93. The first-order valence-corrected chi connectivity index (χ1v) is 8.02. The number of hydrogen-bond acceptors (Lipinski definition) is 4. The minimum Gasteiger partial charge on any atom is -0.444 e. The molecule has 0 N–H and O–H groups in total. The van der Waals surface area contributed by atoms with Crippen molar-refractivity contribution in [2.45, 2.75) is 56.1 Å². The summed E-state index contributed by atoms with van der Waals surface area (Å²) in [5.74, 6) is 0. The predicted molar refractivity (Wildman–Crippen MR) is 68.2 cm³/mol. The van der Waals surface area contributed by atoms with Gasteiger partial charge in [0.2, 0.25) is 0 Å². The van der Waals surface area contributed by atoms with E-state index in [0.717, 1.165) is 12.8 Å². The molecule has 0 aromatic rings. The molecule has 0 aromatic heterocycles. The van der Waals surface area contributed by atoms with Gasteiger partial charge in [-0.1, -0.05) is 0 Å². The highest BCUT2D eigenvalue weighted by Crippen LogP contribution is 2.34. The van der Waals surface area contributed by atoms with Gasteiger partial charge in [0.15, 0.2) is 9.84 Å². The van der Waals surface area contributed by atoms with E-state index in [1.165, 1.54) is 4.90 Å². The van der Waals surface area contributed by atoms with Gasteiger partial charge >= 0.3 is 6.09 Å². The van der Waals surface area contributed by atoms with Crippen molar-refractivity contribution in [3.63, 3.8) is 0 Å². The monoisotopic (exact) mass is 275 g/mol. The number of carbonyl (C=O) groups excluding carboxylic acids is 1. The number of sulfone groups is 1. The van der Waals surface area contributed by atoms with E-state index in [0.29, 0.717) is 13.0 Å². The van der Waals surface area contributed by atoms with Crippen LogP contribution in [0.5, 0.6) is 0 Å². The van der Waals surface area contributed by atoms with E-state index in [2.05, 4.69) is 0 Å². The molecule has 2 aliphatic rings. The third-order valence-electron chi connectivity index (χ3n) is 3.25. The highest BCUT2D eigenvalue weighted by molar-refractivity contribution is 7.93. The summed E-state index contributed by atoms with van der Waals surface area (Å²) in [6.07, 6.45) is 1.70. The quantitative estimate of drug-likeness (QED) is 0.767. The van der Waals surface area contributed by atoms with Gasteiger partial charge in [0.05, 0.1) is 10.5 Å². The lowest BCUT2D eigenvalue weighted by Gasteiger charge is -2.24. The van der Waals surface area contributed by atoms with Crippen LogP contribution in [-0.2, 0) is 14.6 Å². The van der Waals surface area contributed by atoms with Crippen LogP contribution < -0.4 is 0 Å². The molecule has 0 radical (unpaired) electrons. The van der Waals surface area contributed by atoms with Crippen molar-refractivity contribution in [3.8, 4) is 0 Å². The number of likely N-dealkylation sites (tertiary alicyclic amines) is 1. The molecule has 1 saturated carbocycles. The van der Waals surface area contributed by atoms with Gasteiger partial charge < -0.3 is 9.64 Å². The van der Waals surface area contributed by atoms with Crippen LogP contribution in [0, 0.1) is 0 Å². The number of amides is 1. The number of ether oxygens (including phenoxy) is 1. The van der Waals surface area contributed by atoms with E-state index in [-0.39, 0.29) is 11.8 Å². The van der Waals surface area contributed by atoms with Crippen molar-refractivity contribution in [2.24, 2.45) is 0 Å². The maximum Gasteiger partial charge on any atom is 0.410 e. The fourth-order valence-electron chi connectivity index (χ4n) is 2.16. The van der Waals surface area contributed by atoms with Crippen molar-refractivity contribution in [1.29, 1.82) is 0 Å². The maximum absolute atomic E-state index is 12.1. The van der Waals surface area contributed by atoms with Gasteiger partial charge in [-0.15, -0.1) is 0 Å². The Kier molecular flexibility index (Phi) is 3.34. The Hall–Kier alpha value is -0.780. The summed E-state index contributed by atoms with van der Waals surface area (Å²) in [5, 5.41) is -0.543. The molecule has 0 spiro atoms. The summed E-state index contributed by atoms with van der Waals surface area (Å²) in [5.41, 5.74) is -0.537. The first-order valence-electron chi connectivity index (χ1n) is 6.41. The fraction of sp³-hybridized carbons (Fsp3) is 0.917. The zero-order valence-electron chi connectivity index (χ0n) is 11.2. The summed E-state index contributed by atoms with van der Waals surface area (Å²) in [6, 6.07) is 0. The second kappa shape index (κ2) is 4.40. The zero-order valence-corrected chi connectivity index (χ0v) is 12.0. The number of nitrogens with zero attached hydrogens (tertiary/aromatic N) is 1. The lowest BCUT2D eigenvalue weighted by molar-refractivity contribution is 0.0295. The van der Waals surface area contributed by atoms with Crippen LogP contribution in [0.25, 0.3) is 0 Å². The summed E-state index contributed by atoms with van der Waals surface area (Å²) in [4.78, 5) is 13.3. The molecule has 2 rings (SSSR count). The summed E-state index contributed by atoms with van der Waals surface area (Å²) in [7, 11) is -3.03. The third kappa shape index (κ3) is 2.96.